The first-order valence-corrected chi connectivity index (χ1v) is 7.82. The van der Waals surface area contributed by atoms with Crippen molar-refractivity contribution in [3.05, 3.63) is 70.1 Å². The van der Waals surface area contributed by atoms with E-state index in [9.17, 15) is 9.90 Å². The molecule has 3 N–H and O–H groups in total. The molecular weight excluding hydrogens is 330 g/mol. The van der Waals surface area contributed by atoms with Gasteiger partial charge in [0.05, 0.1) is 12.5 Å². The van der Waals surface area contributed by atoms with Gasteiger partial charge in [0, 0.05) is 16.7 Å². The average molecular weight is 346 g/mol. The average Bonchev–Trinajstić information content (AvgIpc) is 2.53. The number of carbonyl (C=O) groups excluding carboxylic acids is 1. The lowest BCUT2D eigenvalue weighted by atomic mass is 9.83. The van der Waals surface area contributed by atoms with Crippen LogP contribution in [-0.2, 0) is 9.53 Å². The highest BCUT2D eigenvalue weighted by Crippen LogP contribution is 2.44. The minimum Gasteiger partial charge on any atom is -0.508 e. The molecule has 0 saturated carbocycles. The van der Waals surface area contributed by atoms with Gasteiger partial charge < -0.3 is 20.3 Å². The summed E-state index contributed by atoms with van der Waals surface area (Å²) < 4.78 is 10.7. The van der Waals surface area contributed by atoms with Gasteiger partial charge in [0.15, 0.2) is 0 Å². The number of ether oxygens (including phenoxy) is 2. The van der Waals surface area contributed by atoms with Crippen LogP contribution in [0.15, 0.2) is 53.9 Å². The highest BCUT2D eigenvalue weighted by molar-refractivity contribution is 6.30. The fourth-order valence-corrected chi connectivity index (χ4v) is 2.98. The maximum absolute atomic E-state index is 12.4. The van der Waals surface area contributed by atoms with Crippen molar-refractivity contribution >= 4 is 17.6 Å². The third-order valence-corrected chi connectivity index (χ3v) is 3.99. The number of halogens is 1. The molecule has 0 saturated heterocycles. The minimum atomic E-state index is -0.543. The van der Waals surface area contributed by atoms with E-state index < -0.39 is 11.9 Å². The molecule has 0 radical (unpaired) electrons. The SMILES string of the molecule is CCOC(=O)C1=C(N)Oc2cc(O)ccc2[C@H]1c1cccc(Cl)c1. The molecule has 0 aliphatic carbocycles. The fourth-order valence-electron chi connectivity index (χ4n) is 2.78. The van der Waals surface area contributed by atoms with Crippen LogP contribution in [-0.4, -0.2) is 17.7 Å². The van der Waals surface area contributed by atoms with Gasteiger partial charge in [-0.25, -0.2) is 4.79 Å². The minimum absolute atomic E-state index is 0.0449. The topological polar surface area (TPSA) is 81.8 Å². The standard InChI is InChI=1S/C18H16ClNO4/c1-2-23-18(22)16-15(10-4-3-5-11(19)8-10)13-7-6-12(21)9-14(13)24-17(16)20/h3-9,15,21H,2,20H2,1H3/t15-/m1/s1. The van der Waals surface area contributed by atoms with Crippen LogP contribution >= 0.6 is 11.6 Å². The molecule has 3 rings (SSSR count). The summed E-state index contributed by atoms with van der Waals surface area (Å²) in [4.78, 5) is 12.4. The Morgan fingerprint density at radius 2 is 2.12 bits per heavy atom. The molecule has 24 heavy (non-hydrogen) atoms. The quantitative estimate of drug-likeness (QED) is 0.834. The van der Waals surface area contributed by atoms with Gasteiger partial charge in [-0.3, -0.25) is 0 Å². The zero-order chi connectivity index (χ0) is 17.3. The summed E-state index contributed by atoms with van der Waals surface area (Å²) in [7, 11) is 0. The number of hydrogen-bond donors (Lipinski definition) is 2. The van der Waals surface area contributed by atoms with E-state index in [0.717, 1.165) is 5.56 Å². The second kappa shape index (κ2) is 6.45. The van der Waals surface area contributed by atoms with E-state index in [1.807, 2.05) is 6.07 Å². The Hall–Kier alpha value is -2.66. The van der Waals surface area contributed by atoms with Crippen LogP contribution in [0.4, 0.5) is 0 Å². The van der Waals surface area contributed by atoms with Gasteiger partial charge in [-0.05, 0) is 30.7 Å². The number of aromatic hydroxyl groups is 1. The Labute approximate surface area is 144 Å². The molecule has 0 amide bonds. The Morgan fingerprint density at radius 3 is 2.83 bits per heavy atom. The lowest BCUT2D eigenvalue weighted by Gasteiger charge is -2.28. The maximum atomic E-state index is 12.4. The molecule has 5 nitrogen and oxygen atoms in total. The van der Waals surface area contributed by atoms with Crippen LogP contribution in [0.1, 0.15) is 24.0 Å². The number of fused-ring (bicyclic) bond motifs is 1. The van der Waals surface area contributed by atoms with Gasteiger partial charge in [0.2, 0.25) is 5.88 Å². The molecule has 1 aliphatic rings. The Bertz CT molecular complexity index is 832. The number of hydrogen-bond acceptors (Lipinski definition) is 5. The smallest absolute Gasteiger partial charge is 0.340 e. The molecular formula is C18H16ClNO4. The molecule has 1 atom stereocenters. The molecule has 1 heterocycles. The summed E-state index contributed by atoms with van der Waals surface area (Å²) in [5.41, 5.74) is 7.69. The van der Waals surface area contributed by atoms with Gasteiger partial charge in [-0.1, -0.05) is 29.8 Å². The van der Waals surface area contributed by atoms with Crippen molar-refractivity contribution < 1.29 is 19.4 Å². The van der Waals surface area contributed by atoms with Gasteiger partial charge in [-0.15, -0.1) is 0 Å². The summed E-state index contributed by atoms with van der Waals surface area (Å²) in [6, 6.07) is 11.9. The van der Waals surface area contributed by atoms with Gasteiger partial charge in [-0.2, -0.15) is 0 Å². The summed E-state index contributed by atoms with van der Waals surface area (Å²) in [6.07, 6.45) is 0. The number of rotatable bonds is 3. The van der Waals surface area contributed by atoms with Crippen molar-refractivity contribution in [2.75, 3.05) is 6.61 Å². The second-order valence-electron chi connectivity index (χ2n) is 5.31. The summed E-state index contributed by atoms with van der Waals surface area (Å²) >= 11 is 6.11. The maximum Gasteiger partial charge on any atom is 0.340 e. The normalized spacial score (nSPS) is 16.3. The van der Waals surface area contributed by atoms with E-state index in [4.69, 9.17) is 26.8 Å². The number of phenolic OH excluding ortho intramolecular Hbond substituents is 1. The third kappa shape index (κ3) is 2.90. The lowest BCUT2D eigenvalue weighted by Crippen LogP contribution is -2.27. The number of benzene rings is 2. The van der Waals surface area contributed by atoms with Crippen molar-refractivity contribution in [1.82, 2.24) is 0 Å². The van der Waals surface area contributed by atoms with Crippen molar-refractivity contribution in [3.63, 3.8) is 0 Å². The second-order valence-corrected chi connectivity index (χ2v) is 5.75. The Kier molecular flexibility index (Phi) is 4.36. The molecule has 0 unspecified atom stereocenters. The first kappa shape index (κ1) is 16.2. The number of nitrogens with two attached hydrogens (primary N) is 1. The van der Waals surface area contributed by atoms with E-state index in [-0.39, 0.29) is 23.8 Å². The number of carbonyl (C=O) groups is 1. The van der Waals surface area contributed by atoms with Crippen LogP contribution in [0.5, 0.6) is 11.5 Å². The van der Waals surface area contributed by atoms with Crippen molar-refractivity contribution in [2.24, 2.45) is 5.73 Å². The molecule has 2 aromatic rings. The molecule has 0 spiro atoms. The van der Waals surface area contributed by atoms with Crippen LogP contribution < -0.4 is 10.5 Å². The van der Waals surface area contributed by atoms with Crippen molar-refractivity contribution in [2.45, 2.75) is 12.8 Å². The summed E-state index contributed by atoms with van der Waals surface area (Å²) in [6.45, 7) is 1.94. The van der Waals surface area contributed by atoms with Gasteiger partial charge in [0.1, 0.15) is 17.1 Å². The fraction of sp³-hybridized carbons (Fsp3) is 0.167. The Balaban J connectivity index is 2.20. The molecule has 0 aromatic heterocycles. The summed E-state index contributed by atoms with van der Waals surface area (Å²) in [5, 5.41) is 10.2. The highest BCUT2D eigenvalue weighted by atomic mass is 35.5. The van der Waals surface area contributed by atoms with Crippen LogP contribution in [0.2, 0.25) is 5.02 Å². The first-order valence-electron chi connectivity index (χ1n) is 7.44. The van der Waals surface area contributed by atoms with Gasteiger partial charge >= 0.3 is 5.97 Å². The molecule has 2 aromatic carbocycles. The van der Waals surface area contributed by atoms with Crippen LogP contribution in [0.25, 0.3) is 0 Å². The largest absolute Gasteiger partial charge is 0.508 e. The number of phenols is 1. The van der Waals surface area contributed by atoms with E-state index in [0.29, 0.717) is 16.3 Å². The van der Waals surface area contributed by atoms with Gasteiger partial charge in [0.25, 0.3) is 0 Å². The van der Waals surface area contributed by atoms with Crippen LogP contribution in [0.3, 0.4) is 0 Å². The zero-order valence-electron chi connectivity index (χ0n) is 13.0. The highest BCUT2D eigenvalue weighted by Gasteiger charge is 2.35. The predicted molar refractivity (Wildman–Crippen MR) is 89.9 cm³/mol. The molecule has 124 valence electrons. The van der Waals surface area contributed by atoms with Crippen molar-refractivity contribution in [1.29, 1.82) is 0 Å². The predicted octanol–water partition coefficient (Wildman–Crippen LogP) is 3.30. The molecule has 1 aliphatic heterocycles. The zero-order valence-corrected chi connectivity index (χ0v) is 13.7. The Morgan fingerprint density at radius 1 is 1.33 bits per heavy atom. The molecule has 0 fully saturated rings. The monoisotopic (exact) mass is 345 g/mol. The van der Waals surface area contributed by atoms with Crippen molar-refractivity contribution in [3.8, 4) is 11.5 Å². The first-order chi connectivity index (χ1) is 11.5. The van der Waals surface area contributed by atoms with E-state index >= 15 is 0 Å². The van der Waals surface area contributed by atoms with E-state index in [1.54, 1.807) is 31.2 Å². The van der Waals surface area contributed by atoms with E-state index in [2.05, 4.69) is 0 Å². The molecule has 0 bridgehead atoms. The lowest BCUT2D eigenvalue weighted by molar-refractivity contribution is -0.139. The van der Waals surface area contributed by atoms with E-state index in [1.165, 1.54) is 12.1 Å². The number of esters is 1. The third-order valence-electron chi connectivity index (χ3n) is 3.76. The molecule has 6 heteroatoms. The summed E-state index contributed by atoms with van der Waals surface area (Å²) in [5.74, 6) is -0.640. The van der Waals surface area contributed by atoms with Crippen LogP contribution in [0, 0.1) is 0 Å².